The summed E-state index contributed by atoms with van der Waals surface area (Å²) in [7, 11) is 0. The molecule has 1 nitrogen and oxygen atoms in total. The van der Waals surface area contributed by atoms with Crippen LogP contribution in [0.25, 0.3) is 0 Å². The lowest BCUT2D eigenvalue weighted by Crippen LogP contribution is -2.27. The molecule has 3 heteroatoms. The normalized spacial score (nSPS) is 19.1. The maximum Gasteiger partial charge on any atom is 0.0701 e. The van der Waals surface area contributed by atoms with Crippen LogP contribution in [0.5, 0.6) is 0 Å². The molecule has 1 N–H and O–H groups in total. The number of rotatable bonds is 5. The van der Waals surface area contributed by atoms with Crippen molar-refractivity contribution in [3.8, 4) is 0 Å². The fraction of sp³-hybridized carbons (Fsp3) is 0.692. The predicted octanol–water partition coefficient (Wildman–Crippen LogP) is 4.74. The predicted molar refractivity (Wildman–Crippen MR) is 75.0 cm³/mol. The van der Waals surface area contributed by atoms with Crippen LogP contribution in [0.15, 0.2) is 15.9 Å². The summed E-state index contributed by atoms with van der Waals surface area (Å²) in [6.07, 6.45) is 6.85. The summed E-state index contributed by atoms with van der Waals surface area (Å²) in [5.74, 6) is 0.858. The third-order valence-corrected chi connectivity index (χ3v) is 5.09. The van der Waals surface area contributed by atoms with Crippen LogP contribution in [0.3, 0.4) is 0 Å². The molecule has 0 radical (unpaired) electrons. The fourth-order valence-corrected chi connectivity index (χ4v) is 4.18. The van der Waals surface area contributed by atoms with Crippen molar-refractivity contribution in [1.29, 1.82) is 0 Å². The second kappa shape index (κ2) is 6.18. The van der Waals surface area contributed by atoms with E-state index in [-0.39, 0.29) is 0 Å². The molecule has 0 aromatic carbocycles. The van der Waals surface area contributed by atoms with Crippen LogP contribution in [0, 0.1) is 5.92 Å². The minimum absolute atomic E-state index is 0.596. The number of nitrogens with one attached hydrogen (secondary N) is 1. The molecule has 0 bridgehead atoms. The highest BCUT2D eigenvalue weighted by atomic mass is 79.9. The van der Waals surface area contributed by atoms with Crippen LogP contribution in [0.4, 0.5) is 0 Å². The van der Waals surface area contributed by atoms with Crippen molar-refractivity contribution in [3.05, 3.63) is 20.8 Å². The number of halogens is 1. The monoisotopic (exact) mass is 301 g/mol. The van der Waals surface area contributed by atoms with Crippen LogP contribution in [0.1, 0.15) is 49.9 Å². The lowest BCUT2D eigenvalue weighted by molar-refractivity contribution is 0.373. The van der Waals surface area contributed by atoms with Crippen LogP contribution in [-0.2, 0) is 0 Å². The summed E-state index contributed by atoms with van der Waals surface area (Å²) >= 11 is 5.46. The van der Waals surface area contributed by atoms with Gasteiger partial charge in [0, 0.05) is 10.9 Å². The molecule has 0 amide bonds. The van der Waals surface area contributed by atoms with E-state index in [1.165, 1.54) is 40.8 Å². The van der Waals surface area contributed by atoms with Crippen molar-refractivity contribution in [1.82, 2.24) is 5.32 Å². The molecule has 1 atom stereocenters. The quantitative estimate of drug-likeness (QED) is 0.828. The van der Waals surface area contributed by atoms with E-state index in [1.807, 2.05) is 11.3 Å². The molecule has 90 valence electrons. The van der Waals surface area contributed by atoms with Gasteiger partial charge in [0.2, 0.25) is 0 Å². The lowest BCUT2D eigenvalue weighted by atomic mass is 9.96. The molecule has 1 aromatic heterocycles. The van der Waals surface area contributed by atoms with Gasteiger partial charge >= 0.3 is 0 Å². The molecule has 0 spiro atoms. The van der Waals surface area contributed by atoms with Gasteiger partial charge in [0.05, 0.1) is 3.79 Å². The van der Waals surface area contributed by atoms with Crippen LogP contribution in [-0.4, -0.2) is 6.54 Å². The van der Waals surface area contributed by atoms with E-state index in [4.69, 9.17) is 0 Å². The maximum atomic E-state index is 3.73. The van der Waals surface area contributed by atoms with E-state index in [1.54, 1.807) is 0 Å². The van der Waals surface area contributed by atoms with Gasteiger partial charge in [-0.2, -0.15) is 0 Å². The molecule has 1 aliphatic rings. The van der Waals surface area contributed by atoms with E-state index in [2.05, 4.69) is 40.3 Å². The Balaban J connectivity index is 2.06. The van der Waals surface area contributed by atoms with E-state index in [9.17, 15) is 0 Å². The smallest absolute Gasteiger partial charge is 0.0701 e. The third-order valence-electron chi connectivity index (χ3n) is 3.39. The van der Waals surface area contributed by atoms with Crippen LogP contribution >= 0.6 is 27.3 Å². The Bertz CT molecular complexity index is 317. The van der Waals surface area contributed by atoms with E-state index < -0.39 is 0 Å². The second-order valence-corrected chi connectivity index (χ2v) is 7.11. The second-order valence-electron chi connectivity index (χ2n) is 4.62. The van der Waals surface area contributed by atoms with Gasteiger partial charge in [-0.15, -0.1) is 11.3 Å². The average Bonchev–Trinajstić information content (AvgIpc) is 2.91. The lowest BCUT2D eigenvalue weighted by Gasteiger charge is -2.23. The van der Waals surface area contributed by atoms with Crippen molar-refractivity contribution in [2.45, 2.75) is 45.1 Å². The zero-order valence-corrected chi connectivity index (χ0v) is 12.2. The molecular weight excluding hydrogens is 282 g/mol. The third kappa shape index (κ3) is 3.08. The highest BCUT2D eigenvalue weighted by molar-refractivity contribution is 9.11. The first kappa shape index (κ1) is 12.6. The first-order chi connectivity index (χ1) is 7.81. The molecule has 1 fully saturated rings. The number of thiophene rings is 1. The molecule has 0 aliphatic heterocycles. The molecule has 1 aliphatic carbocycles. The minimum Gasteiger partial charge on any atom is -0.309 e. The van der Waals surface area contributed by atoms with Gasteiger partial charge < -0.3 is 5.32 Å². The van der Waals surface area contributed by atoms with E-state index in [0.717, 1.165) is 12.5 Å². The molecule has 0 saturated heterocycles. The fourth-order valence-electron chi connectivity index (χ4n) is 2.59. The van der Waals surface area contributed by atoms with Crippen molar-refractivity contribution >= 4 is 27.3 Å². The van der Waals surface area contributed by atoms with Crippen molar-refractivity contribution in [2.75, 3.05) is 6.54 Å². The minimum atomic E-state index is 0.596. The number of hydrogen-bond donors (Lipinski definition) is 1. The summed E-state index contributed by atoms with van der Waals surface area (Å²) in [6, 6.07) is 5.05. The van der Waals surface area contributed by atoms with E-state index >= 15 is 0 Å². The average molecular weight is 302 g/mol. The molecule has 1 saturated carbocycles. The molecule has 2 rings (SSSR count). The Morgan fingerprint density at radius 1 is 1.44 bits per heavy atom. The summed E-state index contributed by atoms with van der Waals surface area (Å²) in [6.45, 7) is 3.37. The Morgan fingerprint density at radius 2 is 2.19 bits per heavy atom. The summed E-state index contributed by atoms with van der Waals surface area (Å²) < 4.78 is 1.25. The highest BCUT2D eigenvalue weighted by Gasteiger charge is 2.26. The number of hydrogen-bond acceptors (Lipinski definition) is 2. The van der Waals surface area contributed by atoms with Crippen molar-refractivity contribution < 1.29 is 0 Å². The maximum absolute atomic E-state index is 3.73. The topological polar surface area (TPSA) is 12.0 Å². The molecule has 1 heterocycles. The van der Waals surface area contributed by atoms with Gasteiger partial charge in [-0.1, -0.05) is 19.8 Å². The Hall–Kier alpha value is 0.140. The molecular formula is C13H20BrNS. The standard InChI is InChI=1S/C13H20BrNS/c1-2-9-15-13(10-5-3-4-6-10)11-7-8-12(14)16-11/h7-8,10,13,15H,2-6,9H2,1H3. The summed E-state index contributed by atoms with van der Waals surface area (Å²) in [5, 5.41) is 3.73. The Morgan fingerprint density at radius 3 is 2.75 bits per heavy atom. The van der Waals surface area contributed by atoms with Gasteiger partial charge in [-0.3, -0.25) is 0 Å². The molecule has 16 heavy (non-hydrogen) atoms. The SMILES string of the molecule is CCCNC(c1ccc(Br)s1)C1CCCC1. The van der Waals surface area contributed by atoms with Gasteiger partial charge in [0.1, 0.15) is 0 Å². The van der Waals surface area contributed by atoms with E-state index in [0.29, 0.717) is 6.04 Å². The highest BCUT2D eigenvalue weighted by Crippen LogP contribution is 2.39. The molecule has 1 aromatic rings. The van der Waals surface area contributed by atoms with Gasteiger partial charge in [-0.05, 0) is 59.8 Å². The van der Waals surface area contributed by atoms with Gasteiger partial charge in [0.25, 0.3) is 0 Å². The molecule has 1 unspecified atom stereocenters. The van der Waals surface area contributed by atoms with Gasteiger partial charge in [0.15, 0.2) is 0 Å². The zero-order chi connectivity index (χ0) is 11.4. The van der Waals surface area contributed by atoms with Crippen LogP contribution in [0.2, 0.25) is 0 Å². The Kier molecular flexibility index (Phi) is 4.86. The summed E-state index contributed by atoms with van der Waals surface area (Å²) in [5.41, 5.74) is 0. The largest absolute Gasteiger partial charge is 0.309 e. The van der Waals surface area contributed by atoms with Gasteiger partial charge in [-0.25, -0.2) is 0 Å². The first-order valence-electron chi connectivity index (χ1n) is 6.30. The first-order valence-corrected chi connectivity index (χ1v) is 7.91. The zero-order valence-electron chi connectivity index (χ0n) is 9.84. The van der Waals surface area contributed by atoms with Crippen molar-refractivity contribution in [2.24, 2.45) is 5.92 Å². The Labute approximate surface area is 111 Å². The summed E-state index contributed by atoms with van der Waals surface area (Å²) in [4.78, 5) is 1.51. The van der Waals surface area contributed by atoms with Crippen molar-refractivity contribution in [3.63, 3.8) is 0 Å². The van der Waals surface area contributed by atoms with Crippen LogP contribution < -0.4 is 5.32 Å².